The maximum Gasteiger partial charge on any atom is 0.114 e. The molecule has 2 aromatic carbocycles. The van der Waals surface area contributed by atoms with Gasteiger partial charge >= 0.3 is 0 Å². The van der Waals surface area contributed by atoms with Gasteiger partial charge in [0.25, 0.3) is 0 Å². The summed E-state index contributed by atoms with van der Waals surface area (Å²) in [5.74, 6) is 0. The third-order valence-corrected chi connectivity index (χ3v) is 3.22. The zero-order valence-electron chi connectivity index (χ0n) is 10.1. The van der Waals surface area contributed by atoms with E-state index in [2.05, 4.69) is 39.6 Å². The molecule has 4 aromatic rings. The monoisotopic (exact) mass is 246 g/mol. The summed E-state index contributed by atoms with van der Waals surface area (Å²) in [6.45, 7) is 0. The van der Waals surface area contributed by atoms with Gasteiger partial charge < -0.3 is 0 Å². The molecule has 19 heavy (non-hydrogen) atoms. The van der Waals surface area contributed by atoms with Gasteiger partial charge in [-0.15, -0.1) is 5.10 Å². The van der Waals surface area contributed by atoms with E-state index in [1.807, 2.05) is 28.9 Å². The summed E-state index contributed by atoms with van der Waals surface area (Å²) in [6.07, 6.45) is 3.51. The molecule has 0 fully saturated rings. The quantitative estimate of drug-likeness (QED) is 0.518. The first-order chi connectivity index (χ1) is 9.42. The molecule has 0 aliphatic carbocycles. The Morgan fingerprint density at radius 2 is 1.58 bits per heavy atom. The molecular formula is C15H10N4. The number of fused-ring (bicyclic) bond motifs is 2. The summed E-state index contributed by atoms with van der Waals surface area (Å²) in [6, 6.07) is 16.3. The minimum atomic E-state index is 0.899. The average molecular weight is 246 g/mol. The summed E-state index contributed by atoms with van der Waals surface area (Å²) >= 11 is 0. The van der Waals surface area contributed by atoms with Crippen molar-refractivity contribution in [2.24, 2.45) is 0 Å². The average Bonchev–Trinajstić information content (AvgIpc) is 2.88. The van der Waals surface area contributed by atoms with Crippen molar-refractivity contribution in [3.8, 4) is 5.69 Å². The van der Waals surface area contributed by atoms with Crippen molar-refractivity contribution in [3.05, 3.63) is 60.9 Å². The van der Waals surface area contributed by atoms with Crippen LogP contribution in [0.2, 0.25) is 0 Å². The highest BCUT2D eigenvalue weighted by molar-refractivity contribution is 5.95. The van der Waals surface area contributed by atoms with Crippen LogP contribution in [0.4, 0.5) is 0 Å². The fourth-order valence-corrected chi connectivity index (χ4v) is 2.28. The normalized spacial score (nSPS) is 11.2. The second-order valence-corrected chi connectivity index (χ2v) is 4.39. The molecule has 2 heterocycles. The SMILES string of the molecule is c1ccc2cc3c(cc2c1)nnn3-c1ccncc1. The van der Waals surface area contributed by atoms with Crippen molar-refractivity contribution in [1.82, 2.24) is 20.0 Å². The van der Waals surface area contributed by atoms with Gasteiger partial charge in [-0.2, -0.15) is 0 Å². The fourth-order valence-electron chi connectivity index (χ4n) is 2.28. The van der Waals surface area contributed by atoms with Crippen molar-refractivity contribution in [2.45, 2.75) is 0 Å². The van der Waals surface area contributed by atoms with E-state index in [0.717, 1.165) is 16.7 Å². The van der Waals surface area contributed by atoms with E-state index in [1.165, 1.54) is 10.8 Å². The molecule has 0 unspecified atom stereocenters. The maximum atomic E-state index is 4.24. The van der Waals surface area contributed by atoms with Crippen molar-refractivity contribution in [2.75, 3.05) is 0 Å². The Labute approximate surface area is 109 Å². The van der Waals surface area contributed by atoms with Crippen LogP contribution in [0.1, 0.15) is 0 Å². The van der Waals surface area contributed by atoms with Crippen LogP contribution in [-0.4, -0.2) is 20.0 Å². The highest BCUT2D eigenvalue weighted by atomic mass is 15.4. The molecule has 0 aliphatic heterocycles. The van der Waals surface area contributed by atoms with Gasteiger partial charge in [-0.1, -0.05) is 29.5 Å². The predicted molar refractivity (Wildman–Crippen MR) is 74.2 cm³/mol. The molecule has 0 N–H and O–H groups in total. The van der Waals surface area contributed by atoms with Crippen molar-refractivity contribution in [3.63, 3.8) is 0 Å². The largest absolute Gasteiger partial charge is 0.265 e. The van der Waals surface area contributed by atoms with Crippen LogP contribution in [0.5, 0.6) is 0 Å². The summed E-state index contributed by atoms with van der Waals surface area (Å²) in [5, 5.41) is 10.8. The molecular weight excluding hydrogens is 236 g/mol. The summed E-state index contributed by atoms with van der Waals surface area (Å²) < 4.78 is 1.84. The topological polar surface area (TPSA) is 43.6 Å². The minimum Gasteiger partial charge on any atom is -0.265 e. The van der Waals surface area contributed by atoms with Crippen LogP contribution < -0.4 is 0 Å². The van der Waals surface area contributed by atoms with Crippen LogP contribution in [0.3, 0.4) is 0 Å². The van der Waals surface area contributed by atoms with Crippen LogP contribution >= 0.6 is 0 Å². The molecule has 0 spiro atoms. The number of hydrogen-bond donors (Lipinski definition) is 0. The molecule has 2 aromatic heterocycles. The van der Waals surface area contributed by atoms with E-state index in [0.29, 0.717) is 0 Å². The second-order valence-electron chi connectivity index (χ2n) is 4.39. The number of rotatable bonds is 1. The molecule has 0 saturated heterocycles. The molecule has 90 valence electrons. The van der Waals surface area contributed by atoms with Gasteiger partial charge in [0.05, 0.1) is 11.2 Å². The predicted octanol–water partition coefficient (Wildman–Crippen LogP) is 2.97. The molecule has 0 amide bonds. The number of pyridine rings is 1. The molecule has 0 aliphatic rings. The molecule has 4 rings (SSSR count). The summed E-state index contributed by atoms with van der Waals surface area (Å²) in [7, 11) is 0. The van der Waals surface area contributed by atoms with Crippen molar-refractivity contribution < 1.29 is 0 Å². The van der Waals surface area contributed by atoms with Crippen LogP contribution in [-0.2, 0) is 0 Å². The van der Waals surface area contributed by atoms with E-state index < -0.39 is 0 Å². The summed E-state index contributed by atoms with van der Waals surface area (Å²) in [5.41, 5.74) is 2.87. The van der Waals surface area contributed by atoms with Crippen LogP contribution in [0.25, 0.3) is 27.5 Å². The van der Waals surface area contributed by atoms with Gasteiger partial charge in [-0.3, -0.25) is 4.98 Å². The van der Waals surface area contributed by atoms with Gasteiger partial charge in [0, 0.05) is 12.4 Å². The first-order valence-corrected chi connectivity index (χ1v) is 6.06. The van der Waals surface area contributed by atoms with Gasteiger partial charge in [0.2, 0.25) is 0 Å². The minimum absolute atomic E-state index is 0.899. The van der Waals surface area contributed by atoms with E-state index >= 15 is 0 Å². The van der Waals surface area contributed by atoms with Crippen molar-refractivity contribution in [1.29, 1.82) is 0 Å². The standard InChI is InChI=1S/C15H10N4/c1-2-4-12-10-15-14(9-11(12)3-1)17-18-19(15)13-5-7-16-8-6-13/h1-10H. The van der Waals surface area contributed by atoms with E-state index in [1.54, 1.807) is 12.4 Å². The molecule has 0 atom stereocenters. The zero-order chi connectivity index (χ0) is 12.7. The Morgan fingerprint density at radius 3 is 2.37 bits per heavy atom. The zero-order valence-corrected chi connectivity index (χ0v) is 10.1. The number of aromatic nitrogens is 4. The Kier molecular flexibility index (Phi) is 2.08. The van der Waals surface area contributed by atoms with Crippen molar-refractivity contribution >= 4 is 21.8 Å². The highest BCUT2D eigenvalue weighted by Crippen LogP contribution is 2.22. The van der Waals surface area contributed by atoms with Crippen LogP contribution in [0.15, 0.2) is 60.9 Å². The van der Waals surface area contributed by atoms with E-state index in [-0.39, 0.29) is 0 Å². The first-order valence-electron chi connectivity index (χ1n) is 6.06. The lowest BCUT2D eigenvalue weighted by Gasteiger charge is -2.02. The third-order valence-electron chi connectivity index (χ3n) is 3.22. The molecule has 0 saturated carbocycles. The highest BCUT2D eigenvalue weighted by Gasteiger charge is 2.07. The van der Waals surface area contributed by atoms with Gasteiger partial charge in [0.1, 0.15) is 5.52 Å². The Balaban J connectivity index is 2.05. The van der Waals surface area contributed by atoms with E-state index in [4.69, 9.17) is 0 Å². The maximum absolute atomic E-state index is 4.24. The Bertz CT molecular complexity index is 865. The van der Waals surface area contributed by atoms with Gasteiger partial charge in [-0.05, 0) is 35.0 Å². The summed E-state index contributed by atoms with van der Waals surface area (Å²) in [4.78, 5) is 4.02. The van der Waals surface area contributed by atoms with Gasteiger partial charge in [0.15, 0.2) is 0 Å². The third kappa shape index (κ3) is 1.57. The second kappa shape index (κ2) is 3.88. The number of hydrogen-bond acceptors (Lipinski definition) is 3. The lowest BCUT2D eigenvalue weighted by Crippen LogP contribution is -1.96. The Morgan fingerprint density at radius 1 is 0.842 bits per heavy atom. The lowest BCUT2D eigenvalue weighted by atomic mass is 10.1. The molecule has 0 radical (unpaired) electrons. The fraction of sp³-hybridized carbons (Fsp3) is 0. The van der Waals surface area contributed by atoms with Gasteiger partial charge in [-0.25, -0.2) is 4.68 Å². The first kappa shape index (κ1) is 10.2. The number of nitrogens with zero attached hydrogens (tertiary/aromatic N) is 4. The molecule has 0 bridgehead atoms. The number of benzene rings is 2. The van der Waals surface area contributed by atoms with Crippen LogP contribution in [0, 0.1) is 0 Å². The molecule has 4 heteroatoms. The lowest BCUT2D eigenvalue weighted by molar-refractivity contribution is 0.822. The van der Waals surface area contributed by atoms with E-state index in [9.17, 15) is 0 Å². The molecule has 4 nitrogen and oxygen atoms in total. The Hall–Kier alpha value is -2.75. The smallest absolute Gasteiger partial charge is 0.114 e.